The Labute approximate surface area is 170 Å². The Morgan fingerprint density at radius 1 is 1.07 bits per heavy atom. The fourth-order valence-electron chi connectivity index (χ4n) is 2.94. The SMILES string of the molecule is COc1ccc(S(=O)(=O)N[C@H](C)C(=O)Nc2ccc(N3CCOCC3)cc2)cc1. The normalized spacial score (nSPS) is 15.6. The molecular weight excluding hydrogens is 394 g/mol. The van der Waals surface area contributed by atoms with Crippen LogP contribution in [0.5, 0.6) is 5.75 Å². The van der Waals surface area contributed by atoms with Gasteiger partial charge in [-0.1, -0.05) is 0 Å². The van der Waals surface area contributed by atoms with Crippen molar-refractivity contribution in [2.75, 3.05) is 43.6 Å². The summed E-state index contributed by atoms with van der Waals surface area (Å²) in [5, 5.41) is 2.74. The lowest BCUT2D eigenvalue weighted by Crippen LogP contribution is -2.41. The number of nitrogens with one attached hydrogen (secondary N) is 2. The molecule has 0 radical (unpaired) electrons. The standard InChI is InChI=1S/C20H25N3O5S/c1-15(22-29(25,26)19-9-7-18(27-2)8-10-19)20(24)21-16-3-5-17(6-4-16)23-11-13-28-14-12-23/h3-10,15,22H,11-14H2,1-2H3,(H,21,24)/t15-/m1/s1. The first kappa shape index (κ1) is 21.1. The van der Waals surface area contributed by atoms with Crippen molar-refractivity contribution >= 4 is 27.3 Å². The lowest BCUT2D eigenvalue weighted by atomic mass is 10.2. The number of benzene rings is 2. The molecule has 0 bridgehead atoms. The second-order valence-corrected chi connectivity index (χ2v) is 8.37. The molecule has 0 saturated carbocycles. The van der Waals surface area contributed by atoms with Gasteiger partial charge in [-0.05, 0) is 55.5 Å². The average molecular weight is 420 g/mol. The number of ether oxygens (including phenoxy) is 2. The van der Waals surface area contributed by atoms with Crippen LogP contribution in [-0.2, 0) is 19.6 Å². The van der Waals surface area contributed by atoms with Crippen LogP contribution in [0.4, 0.5) is 11.4 Å². The van der Waals surface area contributed by atoms with Gasteiger partial charge >= 0.3 is 0 Å². The lowest BCUT2D eigenvalue weighted by molar-refractivity contribution is -0.117. The topological polar surface area (TPSA) is 97.0 Å². The molecule has 29 heavy (non-hydrogen) atoms. The van der Waals surface area contributed by atoms with Crippen molar-refractivity contribution in [1.29, 1.82) is 0 Å². The van der Waals surface area contributed by atoms with E-state index in [0.717, 1.165) is 18.8 Å². The third kappa shape index (κ3) is 5.47. The van der Waals surface area contributed by atoms with E-state index in [2.05, 4.69) is 14.9 Å². The highest BCUT2D eigenvalue weighted by Gasteiger charge is 2.22. The van der Waals surface area contributed by atoms with Gasteiger partial charge < -0.3 is 19.7 Å². The first-order valence-corrected chi connectivity index (χ1v) is 10.8. The molecule has 1 heterocycles. The van der Waals surface area contributed by atoms with Gasteiger partial charge in [-0.25, -0.2) is 8.42 Å². The van der Waals surface area contributed by atoms with Crippen LogP contribution in [0, 0.1) is 0 Å². The minimum absolute atomic E-state index is 0.0628. The zero-order chi connectivity index (χ0) is 20.9. The van der Waals surface area contributed by atoms with Gasteiger partial charge in [0.05, 0.1) is 31.3 Å². The molecule has 2 aromatic carbocycles. The summed E-state index contributed by atoms with van der Waals surface area (Å²) < 4.78 is 37.7. The van der Waals surface area contributed by atoms with Crippen molar-refractivity contribution in [3.8, 4) is 5.75 Å². The number of hydrogen-bond acceptors (Lipinski definition) is 6. The maximum atomic E-state index is 12.5. The van der Waals surface area contributed by atoms with Crippen LogP contribution in [0.3, 0.4) is 0 Å². The predicted octanol–water partition coefficient (Wildman–Crippen LogP) is 1.84. The van der Waals surface area contributed by atoms with Crippen LogP contribution < -0.4 is 19.7 Å². The maximum absolute atomic E-state index is 12.5. The first-order chi connectivity index (χ1) is 13.9. The summed E-state index contributed by atoms with van der Waals surface area (Å²) in [6.45, 7) is 4.55. The molecule has 1 aliphatic rings. The second-order valence-electron chi connectivity index (χ2n) is 6.65. The van der Waals surface area contributed by atoms with Crippen molar-refractivity contribution in [3.05, 3.63) is 48.5 Å². The van der Waals surface area contributed by atoms with Gasteiger partial charge in [-0.2, -0.15) is 4.72 Å². The zero-order valence-electron chi connectivity index (χ0n) is 16.4. The molecule has 3 rings (SSSR count). The minimum atomic E-state index is -3.83. The molecule has 1 saturated heterocycles. The Morgan fingerprint density at radius 3 is 2.28 bits per heavy atom. The minimum Gasteiger partial charge on any atom is -0.497 e. The third-order valence-electron chi connectivity index (χ3n) is 4.61. The molecule has 0 aromatic heterocycles. The molecule has 1 atom stereocenters. The van der Waals surface area contributed by atoms with E-state index < -0.39 is 22.0 Å². The Morgan fingerprint density at radius 2 is 1.69 bits per heavy atom. The van der Waals surface area contributed by atoms with Gasteiger partial charge in [0.15, 0.2) is 0 Å². The number of anilines is 2. The highest BCUT2D eigenvalue weighted by atomic mass is 32.2. The summed E-state index contributed by atoms with van der Waals surface area (Å²) in [4.78, 5) is 14.7. The van der Waals surface area contributed by atoms with Crippen LogP contribution in [0.25, 0.3) is 0 Å². The Balaban J connectivity index is 1.59. The number of sulfonamides is 1. The molecule has 1 aliphatic heterocycles. The van der Waals surface area contributed by atoms with E-state index in [9.17, 15) is 13.2 Å². The summed E-state index contributed by atoms with van der Waals surface area (Å²) in [5.41, 5.74) is 1.65. The fourth-order valence-corrected chi connectivity index (χ4v) is 4.14. The van der Waals surface area contributed by atoms with Crippen molar-refractivity contribution in [2.45, 2.75) is 17.9 Å². The molecule has 8 nitrogen and oxygen atoms in total. The number of carbonyl (C=O) groups is 1. The summed E-state index contributed by atoms with van der Waals surface area (Å²) in [7, 11) is -2.33. The van der Waals surface area contributed by atoms with Crippen LogP contribution in [0.2, 0.25) is 0 Å². The molecule has 2 N–H and O–H groups in total. The predicted molar refractivity (Wildman–Crippen MR) is 111 cm³/mol. The van der Waals surface area contributed by atoms with Gasteiger partial charge in [-0.15, -0.1) is 0 Å². The van der Waals surface area contributed by atoms with Gasteiger partial charge in [0, 0.05) is 24.5 Å². The Kier molecular flexibility index (Phi) is 6.73. The molecule has 0 unspecified atom stereocenters. The van der Waals surface area contributed by atoms with E-state index in [1.807, 2.05) is 12.1 Å². The molecule has 0 spiro atoms. The van der Waals surface area contributed by atoms with E-state index in [0.29, 0.717) is 24.7 Å². The Bertz CT molecular complexity index is 924. The van der Waals surface area contributed by atoms with Crippen molar-refractivity contribution in [2.24, 2.45) is 0 Å². The van der Waals surface area contributed by atoms with E-state index in [1.54, 1.807) is 24.3 Å². The van der Waals surface area contributed by atoms with Crippen LogP contribution in [-0.4, -0.2) is 53.8 Å². The maximum Gasteiger partial charge on any atom is 0.242 e. The molecule has 156 valence electrons. The van der Waals surface area contributed by atoms with E-state index in [1.165, 1.54) is 26.2 Å². The average Bonchev–Trinajstić information content (AvgIpc) is 2.74. The number of methoxy groups -OCH3 is 1. The quantitative estimate of drug-likeness (QED) is 0.711. The van der Waals surface area contributed by atoms with Crippen molar-refractivity contribution in [3.63, 3.8) is 0 Å². The number of amides is 1. The van der Waals surface area contributed by atoms with Gasteiger partial charge in [0.2, 0.25) is 15.9 Å². The molecule has 1 fully saturated rings. The molecule has 9 heteroatoms. The summed E-state index contributed by atoms with van der Waals surface area (Å²) in [5.74, 6) is 0.108. The number of nitrogens with zero attached hydrogens (tertiary/aromatic N) is 1. The number of carbonyl (C=O) groups excluding carboxylic acids is 1. The van der Waals surface area contributed by atoms with Gasteiger partial charge in [0.1, 0.15) is 5.75 Å². The zero-order valence-corrected chi connectivity index (χ0v) is 17.2. The Hall–Kier alpha value is -2.62. The van der Waals surface area contributed by atoms with Gasteiger partial charge in [-0.3, -0.25) is 4.79 Å². The van der Waals surface area contributed by atoms with Crippen LogP contribution >= 0.6 is 0 Å². The monoisotopic (exact) mass is 419 g/mol. The summed E-state index contributed by atoms with van der Waals surface area (Å²) in [6.07, 6.45) is 0. The largest absolute Gasteiger partial charge is 0.497 e. The van der Waals surface area contributed by atoms with E-state index >= 15 is 0 Å². The van der Waals surface area contributed by atoms with E-state index in [-0.39, 0.29) is 4.90 Å². The molecular formula is C20H25N3O5S. The smallest absolute Gasteiger partial charge is 0.242 e. The molecule has 1 amide bonds. The van der Waals surface area contributed by atoms with Crippen molar-refractivity contribution in [1.82, 2.24) is 4.72 Å². The number of morpholine rings is 1. The van der Waals surface area contributed by atoms with Crippen LogP contribution in [0.1, 0.15) is 6.92 Å². The van der Waals surface area contributed by atoms with Crippen LogP contribution in [0.15, 0.2) is 53.4 Å². The van der Waals surface area contributed by atoms with Gasteiger partial charge in [0.25, 0.3) is 0 Å². The highest BCUT2D eigenvalue weighted by molar-refractivity contribution is 7.89. The number of rotatable bonds is 7. The number of hydrogen-bond donors (Lipinski definition) is 2. The summed E-state index contributed by atoms with van der Waals surface area (Å²) in [6, 6.07) is 12.5. The lowest BCUT2D eigenvalue weighted by Gasteiger charge is -2.29. The first-order valence-electron chi connectivity index (χ1n) is 9.29. The van der Waals surface area contributed by atoms with E-state index in [4.69, 9.17) is 9.47 Å². The highest BCUT2D eigenvalue weighted by Crippen LogP contribution is 2.19. The molecule has 0 aliphatic carbocycles. The third-order valence-corrected chi connectivity index (χ3v) is 6.16. The summed E-state index contributed by atoms with van der Waals surface area (Å²) >= 11 is 0. The second kappa shape index (κ2) is 9.25. The molecule has 2 aromatic rings. The van der Waals surface area contributed by atoms with Crippen molar-refractivity contribution < 1.29 is 22.7 Å². The fraction of sp³-hybridized carbons (Fsp3) is 0.350.